The first-order valence-electron chi connectivity index (χ1n) is 5.72. The highest BCUT2D eigenvalue weighted by Crippen LogP contribution is 2.26. The fraction of sp³-hybridized carbons (Fsp3) is 0.818. The van der Waals surface area contributed by atoms with E-state index in [-0.39, 0.29) is 0 Å². The molecule has 0 aliphatic carbocycles. The Kier molecular flexibility index (Phi) is 3.54. The first kappa shape index (κ1) is 11.2. The van der Waals surface area contributed by atoms with Crippen LogP contribution in [0.15, 0.2) is 11.3 Å². The molecule has 4 heteroatoms. The molecule has 0 aromatic carbocycles. The molecule has 0 aromatic heterocycles. The van der Waals surface area contributed by atoms with Gasteiger partial charge in [-0.2, -0.15) is 0 Å². The van der Waals surface area contributed by atoms with E-state index in [0.29, 0.717) is 6.04 Å². The van der Waals surface area contributed by atoms with E-state index in [1.165, 1.54) is 12.2 Å². The molecular weight excluding hydrogens is 210 g/mol. The van der Waals surface area contributed by atoms with Crippen molar-refractivity contribution in [1.29, 1.82) is 0 Å². The Bertz CT molecular complexity index is 265. The highest BCUT2D eigenvalue weighted by molar-refractivity contribution is 6.17. The van der Waals surface area contributed by atoms with Gasteiger partial charge in [0.25, 0.3) is 0 Å². The molecule has 0 amide bonds. The molecule has 1 N–H and O–H groups in total. The van der Waals surface area contributed by atoms with Gasteiger partial charge in [0.05, 0.1) is 6.04 Å². The van der Waals surface area contributed by atoms with Gasteiger partial charge in [-0.25, -0.2) is 5.01 Å². The third-order valence-corrected chi connectivity index (χ3v) is 3.73. The summed E-state index contributed by atoms with van der Waals surface area (Å²) < 4.78 is 0. The molecule has 86 valence electrons. The van der Waals surface area contributed by atoms with Gasteiger partial charge in [-0.05, 0) is 25.5 Å². The minimum atomic E-state index is 0.541. The summed E-state index contributed by atoms with van der Waals surface area (Å²) in [6.07, 6.45) is 2.26. The molecular formula is C11H20ClN3. The Morgan fingerprint density at radius 2 is 2.33 bits per heavy atom. The van der Waals surface area contributed by atoms with Crippen LogP contribution in [0.1, 0.15) is 19.8 Å². The Hall–Kier alpha value is -0.250. The van der Waals surface area contributed by atoms with Crippen molar-refractivity contribution >= 4 is 11.6 Å². The monoisotopic (exact) mass is 229 g/mol. The Labute approximate surface area is 97.0 Å². The van der Waals surface area contributed by atoms with Crippen LogP contribution in [0.5, 0.6) is 0 Å². The lowest BCUT2D eigenvalue weighted by molar-refractivity contribution is 0.251. The second kappa shape index (κ2) is 4.73. The molecule has 0 aromatic rings. The molecule has 15 heavy (non-hydrogen) atoms. The zero-order valence-corrected chi connectivity index (χ0v) is 10.3. The number of hydrogen-bond acceptors (Lipinski definition) is 3. The summed E-state index contributed by atoms with van der Waals surface area (Å²) >= 11 is 5.72. The molecule has 0 saturated carbocycles. The van der Waals surface area contributed by atoms with E-state index in [4.69, 9.17) is 11.6 Å². The summed E-state index contributed by atoms with van der Waals surface area (Å²) in [5, 5.41) is 2.20. The van der Waals surface area contributed by atoms with Crippen LogP contribution in [0, 0.1) is 0 Å². The van der Waals surface area contributed by atoms with Gasteiger partial charge in [0.1, 0.15) is 0 Å². The van der Waals surface area contributed by atoms with Crippen LogP contribution in [-0.2, 0) is 0 Å². The van der Waals surface area contributed by atoms with Crippen molar-refractivity contribution in [3.05, 3.63) is 11.3 Å². The van der Waals surface area contributed by atoms with Gasteiger partial charge >= 0.3 is 0 Å². The number of hydrazine groups is 1. The maximum Gasteiger partial charge on any atom is 0.0501 e. The summed E-state index contributed by atoms with van der Waals surface area (Å²) in [7, 11) is 2.12. The van der Waals surface area contributed by atoms with Crippen molar-refractivity contribution in [2.24, 2.45) is 0 Å². The first-order chi connectivity index (χ1) is 7.22. The maximum atomic E-state index is 5.72. The number of halogens is 1. The molecule has 0 bridgehead atoms. The number of rotatable bonds is 3. The molecule has 0 radical (unpaired) electrons. The minimum Gasteiger partial charge on any atom is -0.323 e. The van der Waals surface area contributed by atoms with Crippen LogP contribution in [0.2, 0.25) is 0 Å². The smallest absolute Gasteiger partial charge is 0.0501 e. The first-order valence-corrected chi connectivity index (χ1v) is 6.25. The Morgan fingerprint density at radius 1 is 1.53 bits per heavy atom. The van der Waals surface area contributed by atoms with E-state index in [9.17, 15) is 0 Å². The molecule has 2 aliphatic heterocycles. The van der Waals surface area contributed by atoms with Crippen LogP contribution in [-0.4, -0.2) is 48.5 Å². The van der Waals surface area contributed by atoms with E-state index >= 15 is 0 Å². The van der Waals surface area contributed by atoms with Crippen molar-refractivity contribution in [1.82, 2.24) is 15.3 Å². The highest BCUT2D eigenvalue weighted by Gasteiger charge is 2.30. The van der Waals surface area contributed by atoms with Crippen molar-refractivity contribution < 1.29 is 0 Å². The summed E-state index contributed by atoms with van der Waals surface area (Å²) in [6.45, 7) is 5.69. The molecule has 3 nitrogen and oxygen atoms in total. The largest absolute Gasteiger partial charge is 0.323 e. The highest BCUT2D eigenvalue weighted by atomic mass is 35.5. The van der Waals surface area contributed by atoms with Crippen molar-refractivity contribution in [2.75, 3.05) is 32.6 Å². The zero-order chi connectivity index (χ0) is 10.8. The van der Waals surface area contributed by atoms with Gasteiger partial charge in [0.2, 0.25) is 0 Å². The van der Waals surface area contributed by atoms with Crippen LogP contribution < -0.4 is 5.43 Å². The lowest BCUT2D eigenvalue weighted by Gasteiger charge is -2.28. The second-order valence-electron chi connectivity index (χ2n) is 4.47. The molecule has 1 atom stereocenters. The molecule has 2 aliphatic rings. The van der Waals surface area contributed by atoms with Crippen molar-refractivity contribution in [3.63, 3.8) is 0 Å². The molecule has 0 spiro atoms. The molecule has 2 rings (SSSR count). The predicted molar refractivity (Wildman–Crippen MR) is 63.8 cm³/mol. The van der Waals surface area contributed by atoms with Gasteiger partial charge in [-0.3, -0.25) is 4.90 Å². The fourth-order valence-electron chi connectivity index (χ4n) is 2.38. The minimum absolute atomic E-state index is 0.541. The number of nitrogens with zero attached hydrogens (tertiary/aromatic N) is 2. The summed E-state index contributed by atoms with van der Waals surface area (Å²) in [6, 6.07) is 0.541. The topological polar surface area (TPSA) is 18.5 Å². The number of likely N-dealkylation sites (N-methyl/N-ethyl adjacent to an activating group) is 1. The average Bonchev–Trinajstić information content (AvgIpc) is 2.52. The Morgan fingerprint density at radius 3 is 3.07 bits per heavy atom. The zero-order valence-electron chi connectivity index (χ0n) is 9.59. The number of alkyl halides is 1. The van der Waals surface area contributed by atoms with E-state index in [1.54, 1.807) is 5.57 Å². The molecule has 0 fully saturated rings. The molecule has 2 heterocycles. The number of nitrogens with one attached hydrogen (secondary N) is 1. The average molecular weight is 230 g/mol. The normalized spacial score (nSPS) is 28.1. The molecule has 0 saturated heterocycles. The third-order valence-electron chi connectivity index (χ3n) is 3.46. The summed E-state index contributed by atoms with van der Waals surface area (Å²) in [5.41, 5.74) is 6.46. The van der Waals surface area contributed by atoms with Gasteiger partial charge in [0, 0.05) is 38.1 Å². The summed E-state index contributed by atoms with van der Waals surface area (Å²) in [4.78, 5) is 2.51. The quantitative estimate of drug-likeness (QED) is 0.739. The maximum absolute atomic E-state index is 5.72. The second-order valence-corrected chi connectivity index (χ2v) is 4.85. The van der Waals surface area contributed by atoms with Crippen molar-refractivity contribution in [2.45, 2.75) is 25.8 Å². The van der Waals surface area contributed by atoms with E-state index in [0.717, 1.165) is 31.8 Å². The lowest BCUT2D eigenvalue weighted by Crippen LogP contribution is -2.35. The van der Waals surface area contributed by atoms with Gasteiger partial charge in [-0.1, -0.05) is 0 Å². The van der Waals surface area contributed by atoms with Crippen LogP contribution in [0.25, 0.3) is 0 Å². The predicted octanol–water partition coefficient (Wildman–Crippen LogP) is 1.41. The van der Waals surface area contributed by atoms with Crippen LogP contribution in [0.3, 0.4) is 0 Å². The van der Waals surface area contributed by atoms with Crippen LogP contribution >= 0.6 is 11.6 Å². The molecule has 1 unspecified atom stereocenters. The van der Waals surface area contributed by atoms with E-state index in [1.807, 2.05) is 0 Å². The van der Waals surface area contributed by atoms with E-state index < -0.39 is 0 Å². The standard InChI is InChI=1S/C11H20ClN3/c1-9-10-8-15(6-3-5-12)7-4-11(10)13-14(9)2/h9,13H,3-8H2,1-2H3. The number of hydrogen-bond donors (Lipinski definition) is 1. The van der Waals surface area contributed by atoms with Gasteiger partial charge < -0.3 is 5.43 Å². The third kappa shape index (κ3) is 2.30. The Balaban J connectivity index is 1.95. The lowest BCUT2D eigenvalue weighted by atomic mass is 10.0. The van der Waals surface area contributed by atoms with Gasteiger partial charge in [-0.15, -0.1) is 11.6 Å². The SMILES string of the molecule is CC1C2=C(CCN(CCCCl)C2)NN1C. The van der Waals surface area contributed by atoms with E-state index in [2.05, 4.69) is 29.3 Å². The van der Waals surface area contributed by atoms with Crippen LogP contribution in [0.4, 0.5) is 0 Å². The summed E-state index contributed by atoms with van der Waals surface area (Å²) in [5.74, 6) is 0.774. The fourth-order valence-corrected chi connectivity index (χ4v) is 2.50. The van der Waals surface area contributed by atoms with Gasteiger partial charge in [0.15, 0.2) is 0 Å². The van der Waals surface area contributed by atoms with Crippen molar-refractivity contribution in [3.8, 4) is 0 Å².